The summed E-state index contributed by atoms with van der Waals surface area (Å²) in [4.78, 5) is 27.0. The molecule has 0 amide bonds. The van der Waals surface area contributed by atoms with Gasteiger partial charge in [-0.15, -0.1) is 0 Å². The Morgan fingerprint density at radius 1 is 1.38 bits per heavy atom. The first kappa shape index (κ1) is 13.6. The van der Waals surface area contributed by atoms with Crippen molar-refractivity contribution in [3.63, 3.8) is 0 Å². The van der Waals surface area contributed by atoms with Crippen LogP contribution in [0.15, 0.2) is 22.2 Å². The molecule has 21 heavy (non-hydrogen) atoms. The van der Waals surface area contributed by atoms with Crippen molar-refractivity contribution in [2.45, 2.75) is 17.8 Å². The summed E-state index contributed by atoms with van der Waals surface area (Å²) in [5.74, 6) is 1.42. The van der Waals surface area contributed by atoms with Gasteiger partial charge in [0.25, 0.3) is 5.56 Å². The number of nitrogens with zero attached hydrogens (tertiary/aromatic N) is 5. The Bertz CT molecular complexity index is 870. The molecule has 3 heterocycles. The number of nitrogen functional groups attached to an aromatic ring is 1. The van der Waals surface area contributed by atoms with E-state index in [0.29, 0.717) is 33.9 Å². The minimum Gasteiger partial charge on any atom is -0.383 e. The lowest BCUT2D eigenvalue weighted by molar-refractivity contribution is 0.782. The number of nitrogens with two attached hydrogens (primary N) is 1. The summed E-state index contributed by atoms with van der Waals surface area (Å²) in [6.45, 7) is 1.77. The number of thioether (sulfide) groups is 1. The first-order valence-electron chi connectivity index (χ1n) is 6.18. The number of anilines is 1. The molecule has 0 radical (unpaired) electrons. The summed E-state index contributed by atoms with van der Waals surface area (Å²) in [5.41, 5.74) is 7.08. The van der Waals surface area contributed by atoms with Crippen LogP contribution < -0.4 is 11.3 Å². The highest BCUT2D eigenvalue weighted by Crippen LogP contribution is 2.21. The standard InChI is InChI=1S/C12H13N7OS/c1-6-3-9(20)18-12(15-6)21-5-8-16-10(13)7-4-14-19(2)11(7)17-8/h3-4H,5H2,1-2H3,(H2,13,16,17)(H,15,18,20). The summed E-state index contributed by atoms with van der Waals surface area (Å²) in [5, 5.41) is 5.37. The van der Waals surface area contributed by atoms with Gasteiger partial charge in [-0.2, -0.15) is 5.10 Å². The molecule has 0 atom stereocenters. The van der Waals surface area contributed by atoms with Crippen LogP contribution in [0.2, 0.25) is 0 Å². The van der Waals surface area contributed by atoms with E-state index in [-0.39, 0.29) is 5.56 Å². The Morgan fingerprint density at radius 3 is 2.95 bits per heavy atom. The third-order valence-corrected chi connectivity index (χ3v) is 3.72. The molecule has 8 nitrogen and oxygen atoms in total. The molecule has 0 fully saturated rings. The van der Waals surface area contributed by atoms with Gasteiger partial charge in [0.15, 0.2) is 10.8 Å². The highest BCUT2D eigenvalue weighted by Gasteiger charge is 2.10. The number of aromatic amines is 1. The summed E-state index contributed by atoms with van der Waals surface area (Å²) in [7, 11) is 1.80. The molecule has 0 aliphatic carbocycles. The molecular formula is C12H13N7OS. The quantitative estimate of drug-likeness (QED) is 0.538. The van der Waals surface area contributed by atoms with Crippen molar-refractivity contribution in [2.75, 3.05) is 5.73 Å². The Kier molecular flexibility index (Phi) is 3.34. The normalized spacial score (nSPS) is 11.1. The van der Waals surface area contributed by atoms with Gasteiger partial charge in [-0.3, -0.25) is 9.48 Å². The summed E-state index contributed by atoms with van der Waals surface area (Å²) >= 11 is 1.35. The van der Waals surface area contributed by atoms with Crippen LogP contribution in [-0.2, 0) is 12.8 Å². The fourth-order valence-electron chi connectivity index (χ4n) is 1.91. The molecule has 0 unspecified atom stereocenters. The van der Waals surface area contributed by atoms with E-state index >= 15 is 0 Å². The average Bonchev–Trinajstić information content (AvgIpc) is 2.78. The Hall–Kier alpha value is -2.42. The summed E-state index contributed by atoms with van der Waals surface area (Å²) < 4.78 is 1.65. The molecule has 0 bridgehead atoms. The van der Waals surface area contributed by atoms with E-state index in [1.165, 1.54) is 17.8 Å². The maximum Gasteiger partial charge on any atom is 0.251 e. The topological polar surface area (TPSA) is 115 Å². The first-order valence-corrected chi connectivity index (χ1v) is 7.16. The molecule has 3 rings (SSSR count). The molecule has 3 aromatic rings. The van der Waals surface area contributed by atoms with E-state index < -0.39 is 0 Å². The fraction of sp³-hybridized carbons (Fsp3) is 0.250. The zero-order chi connectivity index (χ0) is 15.0. The highest BCUT2D eigenvalue weighted by atomic mass is 32.2. The molecular weight excluding hydrogens is 290 g/mol. The van der Waals surface area contributed by atoms with Gasteiger partial charge in [0.05, 0.1) is 17.3 Å². The maximum atomic E-state index is 11.4. The van der Waals surface area contributed by atoms with E-state index in [1.54, 1.807) is 24.9 Å². The predicted octanol–water partition coefficient (Wildman–Crippen LogP) is 0.630. The lowest BCUT2D eigenvalue weighted by Crippen LogP contribution is -2.08. The van der Waals surface area contributed by atoms with Crippen molar-refractivity contribution < 1.29 is 0 Å². The molecule has 3 aromatic heterocycles. The minimum atomic E-state index is -0.174. The van der Waals surface area contributed by atoms with Crippen LogP contribution in [-0.4, -0.2) is 29.7 Å². The van der Waals surface area contributed by atoms with Gasteiger partial charge >= 0.3 is 0 Å². The van der Waals surface area contributed by atoms with Crippen LogP contribution in [0, 0.1) is 6.92 Å². The van der Waals surface area contributed by atoms with Crippen LogP contribution in [0.1, 0.15) is 11.5 Å². The second kappa shape index (κ2) is 5.17. The van der Waals surface area contributed by atoms with E-state index in [2.05, 4.69) is 25.0 Å². The van der Waals surface area contributed by atoms with Crippen LogP contribution in [0.25, 0.3) is 11.0 Å². The van der Waals surface area contributed by atoms with E-state index in [9.17, 15) is 4.79 Å². The zero-order valence-corrected chi connectivity index (χ0v) is 12.3. The monoisotopic (exact) mass is 303 g/mol. The molecule has 0 saturated heterocycles. The molecule has 3 N–H and O–H groups in total. The largest absolute Gasteiger partial charge is 0.383 e. The lowest BCUT2D eigenvalue weighted by atomic mass is 10.4. The molecule has 0 saturated carbocycles. The SMILES string of the molecule is Cc1cc(=O)[nH]c(SCc2nc(N)c3cnn(C)c3n2)n1. The van der Waals surface area contributed by atoms with Gasteiger partial charge in [-0.25, -0.2) is 15.0 Å². The number of nitrogens with one attached hydrogen (secondary N) is 1. The number of rotatable bonds is 3. The second-order valence-electron chi connectivity index (χ2n) is 4.51. The number of hydrogen-bond donors (Lipinski definition) is 2. The first-order chi connectivity index (χ1) is 10.0. The van der Waals surface area contributed by atoms with Gasteiger partial charge in [0.2, 0.25) is 0 Å². The minimum absolute atomic E-state index is 0.174. The number of hydrogen-bond acceptors (Lipinski definition) is 7. The summed E-state index contributed by atoms with van der Waals surface area (Å²) in [6.07, 6.45) is 1.64. The van der Waals surface area contributed by atoms with Crippen molar-refractivity contribution in [3.8, 4) is 0 Å². The van der Waals surface area contributed by atoms with Crippen LogP contribution >= 0.6 is 11.8 Å². The van der Waals surface area contributed by atoms with E-state index in [1.807, 2.05) is 0 Å². The van der Waals surface area contributed by atoms with Crippen molar-refractivity contribution in [2.24, 2.45) is 7.05 Å². The van der Waals surface area contributed by atoms with Crippen molar-refractivity contribution in [1.82, 2.24) is 29.7 Å². The van der Waals surface area contributed by atoms with E-state index in [4.69, 9.17) is 5.73 Å². The summed E-state index contributed by atoms with van der Waals surface area (Å²) in [6, 6.07) is 1.44. The highest BCUT2D eigenvalue weighted by molar-refractivity contribution is 7.98. The third kappa shape index (κ3) is 2.72. The lowest BCUT2D eigenvalue weighted by Gasteiger charge is -2.03. The number of aromatic nitrogens is 6. The molecule has 9 heteroatoms. The van der Waals surface area contributed by atoms with Crippen LogP contribution in [0.3, 0.4) is 0 Å². The smallest absolute Gasteiger partial charge is 0.251 e. The molecule has 0 aromatic carbocycles. The van der Waals surface area contributed by atoms with E-state index in [0.717, 1.165) is 5.39 Å². The second-order valence-corrected chi connectivity index (χ2v) is 5.48. The van der Waals surface area contributed by atoms with Crippen molar-refractivity contribution >= 4 is 28.6 Å². The Balaban J connectivity index is 1.88. The molecule has 0 aliphatic rings. The number of H-pyrrole nitrogens is 1. The van der Waals surface area contributed by atoms with Crippen LogP contribution in [0.5, 0.6) is 0 Å². The predicted molar refractivity (Wildman–Crippen MR) is 79.9 cm³/mol. The van der Waals surface area contributed by atoms with Crippen molar-refractivity contribution in [3.05, 3.63) is 34.1 Å². The molecule has 0 aliphatic heterocycles. The van der Waals surface area contributed by atoms with Gasteiger partial charge in [-0.05, 0) is 6.92 Å². The number of fused-ring (bicyclic) bond motifs is 1. The maximum absolute atomic E-state index is 11.4. The average molecular weight is 303 g/mol. The Morgan fingerprint density at radius 2 is 2.19 bits per heavy atom. The zero-order valence-electron chi connectivity index (χ0n) is 11.5. The fourth-order valence-corrected chi connectivity index (χ4v) is 2.68. The number of aryl methyl sites for hydroxylation is 2. The third-order valence-electron chi connectivity index (χ3n) is 2.85. The van der Waals surface area contributed by atoms with Gasteiger partial charge in [0.1, 0.15) is 11.6 Å². The van der Waals surface area contributed by atoms with Gasteiger partial charge in [0, 0.05) is 18.8 Å². The van der Waals surface area contributed by atoms with Gasteiger partial charge < -0.3 is 10.7 Å². The van der Waals surface area contributed by atoms with Crippen molar-refractivity contribution in [1.29, 1.82) is 0 Å². The molecule has 108 valence electrons. The van der Waals surface area contributed by atoms with Crippen LogP contribution in [0.4, 0.5) is 5.82 Å². The Labute approximate surface area is 123 Å². The van der Waals surface area contributed by atoms with Gasteiger partial charge in [-0.1, -0.05) is 11.8 Å². The molecule has 0 spiro atoms.